The smallest absolute Gasteiger partial charge is 0.321 e. The Morgan fingerprint density at radius 1 is 1.22 bits per heavy atom. The number of benzene rings is 1. The Bertz CT molecular complexity index is 729. The van der Waals surface area contributed by atoms with E-state index < -0.39 is 11.4 Å². The second kappa shape index (κ2) is 7.06. The number of urea groups is 1. The van der Waals surface area contributed by atoms with E-state index >= 15 is 0 Å². The van der Waals surface area contributed by atoms with Gasteiger partial charge in [-0.25, -0.2) is 4.79 Å². The second-order valence-electron chi connectivity index (χ2n) is 8.58. The lowest BCUT2D eigenvalue weighted by Gasteiger charge is -2.32. The van der Waals surface area contributed by atoms with Gasteiger partial charge in [-0.15, -0.1) is 0 Å². The molecular formula is C21H29N3O3. The van der Waals surface area contributed by atoms with E-state index in [9.17, 15) is 14.7 Å². The molecule has 3 aliphatic rings. The zero-order valence-corrected chi connectivity index (χ0v) is 16.0. The first-order valence-electron chi connectivity index (χ1n) is 10.1. The van der Waals surface area contributed by atoms with Crippen molar-refractivity contribution in [3.8, 4) is 0 Å². The predicted octanol–water partition coefficient (Wildman–Crippen LogP) is 3.64. The molecule has 1 aromatic carbocycles. The van der Waals surface area contributed by atoms with Crippen molar-refractivity contribution < 1.29 is 14.7 Å². The Kier molecular flexibility index (Phi) is 4.74. The monoisotopic (exact) mass is 371 g/mol. The van der Waals surface area contributed by atoms with Crippen LogP contribution < -0.4 is 10.2 Å². The van der Waals surface area contributed by atoms with Crippen LogP contribution in [0.5, 0.6) is 0 Å². The van der Waals surface area contributed by atoms with Crippen LogP contribution in [0.25, 0.3) is 0 Å². The number of amides is 2. The van der Waals surface area contributed by atoms with Gasteiger partial charge in [0.1, 0.15) is 0 Å². The number of anilines is 2. The summed E-state index contributed by atoms with van der Waals surface area (Å²) >= 11 is 0. The number of carboxylic acids is 1. The van der Waals surface area contributed by atoms with Crippen LogP contribution in [-0.4, -0.2) is 48.2 Å². The molecule has 2 amide bonds. The number of hydrogen-bond acceptors (Lipinski definition) is 3. The minimum atomic E-state index is -0.748. The lowest BCUT2D eigenvalue weighted by atomic mass is 9.81. The molecule has 6 heteroatoms. The van der Waals surface area contributed by atoms with Crippen LogP contribution in [0, 0.1) is 17.3 Å². The number of fused-ring (bicyclic) bond motifs is 1. The molecule has 1 aliphatic carbocycles. The molecule has 1 saturated carbocycles. The first kappa shape index (κ1) is 18.1. The summed E-state index contributed by atoms with van der Waals surface area (Å²) in [5.74, 6) is 0.115. The Balaban J connectivity index is 1.42. The van der Waals surface area contributed by atoms with E-state index in [4.69, 9.17) is 0 Å². The number of likely N-dealkylation sites (tertiary alicyclic amines) is 1. The summed E-state index contributed by atoms with van der Waals surface area (Å²) in [5.41, 5.74) is 1.18. The molecule has 2 N–H and O–H groups in total. The molecule has 0 spiro atoms. The molecule has 2 atom stereocenters. The van der Waals surface area contributed by atoms with E-state index in [1.54, 1.807) is 4.90 Å². The van der Waals surface area contributed by atoms with Crippen molar-refractivity contribution in [2.45, 2.75) is 39.0 Å². The van der Waals surface area contributed by atoms with Gasteiger partial charge in [0, 0.05) is 37.6 Å². The summed E-state index contributed by atoms with van der Waals surface area (Å²) in [6, 6.07) is 7.80. The maximum absolute atomic E-state index is 12.7. The van der Waals surface area contributed by atoms with Gasteiger partial charge in [-0.3, -0.25) is 4.79 Å². The van der Waals surface area contributed by atoms with E-state index in [-0.39, 0.29) is 11.9 Å². The van der Waals surface area contributed by atoms with Gasteiger partial charge in [-0.1, -0.05) is 19.4 Å². The molecule has 0 aromatic heterocycles. The van der Waals surface area contributed by atoms with Gasteiger partial charge in [0.2, 0.25) is 0 Å². The summed E-state index contributed by atoms with van der Waals surface area (Å²) in [5, 5.41) is 12.7. The molecule has 2 aliphatic heterocycles. The predicted molar refractivity (Wildman–Crippen MR) is 105 cm³/mol. The standard InChI is InChI=1S/C21H29N3O3/c1-15-7-10-23(11-8-15)18-6-2-5-17(12-18)22-20(27)24-13-16-4-3-9-21(16,14-24)19(25)26/h2,5-6,12,15-16H,3-4,7-11,13-14H2,1H3,(H,22,27)(H,25,26)/t16-,21+/m0/s1. The lowest BCUT2D eigenvalue weighted by Crippen LogP contribution is -2.38. The first-order chi connectivity index (χ1) is 13.0. The molecule has 3 fully saturated rings. The van der Waals surface area contributed by atoms with Crippen molar-refractivity contribution in [3.63, 3.8) is 0 Å². The molecule has 0 bridgehead atoms. The Morgan fingerprint density at radius 2 is 2.00 bits per heavy atom. The van der Waals surface area contributed by atoms with Gasteiger partial charge in [-0.05, 0) is 55.7 Å². The van der Waals surface area contributed by atoms with Crippen molar-refractivity contribution in [1.82, 2.24) is 4.90 Å². The maximum Gasteiger partial charge on any atom is 0.321 e. The van der Waals surface area contributed by atoms with Crippen molar-refractivity contribution in [2.75, 3.05) is 36.4 Å². The van der Waals surface area contributed by atoms with Crippen LogP contribution in [0.15, 0.2) is 24.3 Å². The number of nitrogens with one attached hydrogen (secondary N) is 1. The van der Waals surface area contributed by atoms with Gasteiger partial charge in [0.05, 0.1) is 5.41 Å². The van der Waals surface area contributed by atoms with Gasteiger partial charge >= 0.3 is 12.0 Å². The van der Waals surface area contributed by atoms with Gasteiger partial charge < -0.3 is 20.2 Å². The van der Waals surface area contributed by atoms with Gasteiger partial charge in [0.15, 0.2) is 0 Å². The number of carboxylic acid groups (broad SMARTS) is 1. The maximum atomic E-state index is 12.7. The second-order valence-corrected chi connectivity index (χ2v) is 8.58. The van der Waals surface area contributed by atoms with Crippen molar-refractivity contribution >= 4 is 23.4 Å². The minimum Gasteiger partial charge on any atom is -0.481 e. The highest BCUT2D eigenvalue weighted by molar-refractivity contribution is 5.91. The number of carbonyl (C=O) groups excluding carboxylic acids is 1. The number of aliphatic carboxylic acids is 1. The fourth-order valence-electron chi connectivity index (χ4n) is 5.04. The number of piperidine rings is 1. The van der Waals surface area contributed by atoms with Gasteiger partial charge in [0.25, 0.3) is 0 Å². The van der Waals surface area contributed by atoms with Crippen LogP contribution in [0.4, 0.5) is 16.2 Å². The third-order valence-corrected chi connectivity index (χ3v) is 6.83. The number of nitrogens with zero attached hydrogens (tertiary/aromatic N) is 2. The van der Waals surface area contributed by atoms with E-state index in [0.29, 0.717) is 19.5 Å². The van der Waals surface area contributed by atoms with Crippen LogP contribution in [-0.2, 0) is 4.79 Å². The number of carbonyl (C=O) groups is 2. The lowest BCUT2D eigenvalue weighted by molar-refractivity contribution is -0.149. The third-order valence-electron chi connectivity index (χ3n) is 6.83. The largest absolute Gasteiger partial charge is 0.481 e. The molecule has 2 saturated heterocycles. The fraction of sp³-hybridized carbons (Fsp3) is 0.619. The molecule has 0 unspecified atom stereocenters. The Morgan fingerprint density at radius 3 is 2.70 bits per heavy atom. The van der Waals surface area contributed by atoms with Crippen molar-refractivity contribution in [3.05, 3.63) is 24.3 Å². The van der Waals surface area contributed by atoms with E-state index in [2.05, 4.69) is 23.2 Å². The van der Waals surface area contributed by atoms with Crippen molar-refractivity contribution in [2.24, 2.45) is 17.3 Å². The fourth-order valence-corrected chi connectivity index (χ4v) is 5.04. The third kappa shape index (κ3) is 3.37. The number of hydrogen-bond donors (Lipinski definition) is 2. The molecule has 1 aromatic rings. The van der Waals surface area contributed by atoms with Crippen LogP contribution in [0.1, 0.15) is 39.0 Å². The van der Waals surface area contributed by atoms with Crippen LogP contribution >= 0.6 is 0 Å². The highest BCUT2D eigenvalue weighted by atomic mass is 16.4. The van der Waals surface area contributed by atoms with Crippen LogP contribution in [0.2, 0.25) is 0 Å². The highest BCUT2D eigenvalue weighted by Gasteiger charge is 2.55. The van der Waals surface area contributed by atoms with E-state index in [1.165, 1.54) is 12.8 Å². The van der Waals surface area contributed by atoms with E-state index in [0.717, 1.165) is 43.2 Å². The highest BCUT2D eigenvalue weighted by Crippen LogP contribution is 2.49. The SMILES string of the molecule is CC1CCN(c2cccc(NC(=O)N3C[C@@H]4CCC[C@@]4(C(=O)O)C3)c2)CC1. The molecule has 6 nitrogen and oxygen atoms in total. The molecule has 27 heavy (non-hydrogen) atoms. The Hall–Kier alpha value is -2.24. The van der Waals surface area contributed by atoms with E-state index in [1.807, 2.05) is 18.2 Å². The average molecular weight is 371 g/mol. The van der Waals surface area contributed by atoms with Crippen molar-refractivity contribution in [1.29, 1.82) is 0 Å². The zero-order valence-electron chi connectivity index (χ0n) is 16.0. The zero-order chi connectivity index (χ0) is 19.0. The Labute approximate surface area is 160 Å². The summed E-state index contributed by atoms with van der Waals surface area (Å²) < 4.78 is 0. The molecule has 146 valence electrons. The van der Waals surface area contributed by atoms with Crippen LogP contribution in [0.3, 0.4) is 0 Å². The first-order valence-corrected chi connectivity index (χ1v) is 10.1. The summed E-state index contributed by atoms with van der Waals surface area (Å²) in [6.07, 6.45) is 4.92. The summed E-state index contributed by atoms with van der Waals surface area (Å²) in [6.45, 7) is 5.26. The molecular weight excluding hydrogens is 342 g/mol. The van der Waals surface area contributed by atoms with Gasteiger partial charge in [-0.2, -0.15) is 0 Å². The number of rotatable bonds is 3. The minimum absolute atomic E-state index is 0.0856. The average Bonchev–Trinajstić information content (AvgIpc) is 3.21. The molecule has 0 radical (unpaired) electrons. The summed E-state index contributed by atoms with van der Waals surface area (Å²) in [4.78, 5) is 28.6. The topological polar surface area (TPSA) is 72.9 Å². The molecule has 2 heterocycles. The normalized spacial score (nSPS) is 28.3. The summed E-state index contributed by atoms with van der Waals surface area (Å²) in [7, 11) is 0. The quantitative estimate of drug-likeness (QED) is 0.851. The molecule has 4 rings (SSSR count).